The molecule has 0 aromatic heterocycles. The zero-order valence-electron chi connectivity index (χ0n) is 16.1. The van der Waals surface area contributed by atoms with Crippen LogP contribution in [0.15, 0.2) is 30.3 Å². The summed E-state index contributed by atoms with van der Waals surface area (Å²) in [5, 5.41) is 0. The number of ether oxygens (including phenoxy) is 1. The highest BCUT2D eigenvalue weighted by molar-refractivity contribution is 7.84. The van der Waals surface area contributed by atoms with Gasteiger partial charge < -0.3 is 4.74 Å². The highest BCUT2D eigenvalue weighted by Crippen LogP contribution is 2.51. The number of carbonyl (C=O) groups is 1. The first-order valence-corrected chi connectivity index (χ1v) is 10.2. The Hall–Kier alpha value is -1.20. The highest BCUT2D eigenvalue weighted by atomic mass is 32.2. The first kappa shape index (κ1) is 20.1. The molecule has 0 spiro atoms. The molecule has 0 heterocycles. The number of carbonyl (C=O) groups excluding carboxylic acids is 1. The summed E-state index contributed by atoms with van der Waals surface area (Å²) in [6, 6.07) is 9.89. The lowest BCUT2D eigenvalue weighted by Gasteiger charge is -2.49. The number of benzene rings is 1. The number of nitrogens with one attached hydrogen (secondary N) is 1. The molecule has 1 aromatic rings. The van der Waals surface area contributed by atoms with Crippen LogP contribution in [-0.4, -0.2) is 22.0 Å². The second-order valence-corrected chi connectivity index (χ2v) is 10.1. The molecular formula is C20H31NO3S. The third-order valence-electron chi connectivity index (χ3n) is 5.44. The molecule has 1 saturated carbocycles. The Kier molecular flexibility index (Phi) is 6.10. The zero-order chi connectivity index (χ0) is 18.7. The number of hydrogen-bond acceptors (Lipinski definition) is 3. The SMILES string of the molecule is COC(=O)C1([C@@](C)(NS(=O)C(C)(C)C)c2ccccc2)CCCCC1. The lowest BCUT2D eigenvalue weighted by Crippen LogP contribution is -2.60. The van der Waals surface area contributed by atoms with Crippen LogP contribution in [-0.2, 0) is 26.1 Å². The molecule has 0 aliphatic heterocycles. The minimum atomic E-state index is -1.31. The van der Waals surface area contributed by atoms with Gasteiger partial charge in [-0.3, -0.25) is 4.79 Å². The maximum absolute atomic E-state index is 13.0. The average molecular weight is 366 g/mol. The Labute approximate surface area is 154 Å². The van der Waals surface area contributed by atoms with E-state index in [1.165, 1.54) is 7.11 Å². The number of rotatable bonds is 5. The van der Waals surface area contributed by atoms with E-state index in [0.717, 1.165) is 37.7 Å². The van der Waals surface area contributed by atoms with Gasteiger partial charge >= 0.3 is 5.97 Å². The molecule has 0 saturated heterocycles. The predicted molar refractivity (Wildman–Crippen MR) is 102 cm³/mol. The van der Waals surface area contributed by atoms with Crippen LogP contribution in [0.25, 0.3) is 0 Å². The van der Waals surface area contributed by atoms with Gasteiger partial charge in [-0.15, -0.1) is 0 Å². The lowest BCUT2D eigenvalue weighted by molar-refractivity contribution is -0.161. The van der Waals surface area contributed by atoms with Crippen molar-refractivity contribution in [3.8, 4) is 0 Å². The molecule has 25 heavy (non-hydrogen) atoms. The molecule has 140 valence electrons. The molecule has 1 fully saturated rings. The van der Waals surface area contributed by atoms with E-state index in [1.807, 2.05) is 58.0 Å². The molecule has 0 amide bonds. The van der Waals surface area contributed by atoms with Crippen LogP contribution in [0.4, 0.5) is 0 Å². The molecule has 5 heteroatoms. The molecule has 1 aromatic carbocycles. The summed E-state index contributed by atoms with van der Waals surface area (Å²) in [7, 11) is 0.138. The van der Waals surface area contributed by atoms with Gasteiger partial charge in [-0.2, -0.15) is 0 Å². The summed E-state index contributed by atoms with van der Waals surface area (Å²) in [5.74, 6) is -0.211. The Morgan fingerprint density at radius 3 is 2.12 bits per heavy atom. The fourth-order valence-electron chi connectivity index (χ4n) is 3.80. The summed E-state index contributed by atoms with van der Waals surface area (Å²) in [5.41, 5.74) is -0.512. The van der Waals surface area contributed by atoms with E-state index in [4.69, 9.17) is 4.74 Å². The summed E-state index contributed by atoms with van der Waals surface area (Å²) < 4.78 is 21.2. The molecule has 1 aliphatic carbocycles. The molecule has 0 radical (unpaired) electrons. The van der Waals surface area contributed by atoms with Crippen molar-refractivity contribution in [3.05, 3.63) is 35.9 Å². The van der Waals surface area contributed by atoms with E-state index in [-0.39, 0.29) is 5.97 Å². The van der Waals surface area contributed by atoms with Crippen LogP contribution in [0.1, 0.15) is 65.4 Å². The quantitative estimate of drug-likeness (QED) is 0.800. The van der Waals surface area contributed by atoms with Gasteiger partial charge in [0.2, 0.25) is 0 Å². The van der Waals surface area contributed by atoms with Crippen LogP contribution >= 0.6 is 0 Å². The van der Waals surface area contributed by atoms with Crippen LogP contribution in [0.2, 0.25) is 0 Å². The van der Waals surface area contributed by atoms with Gasteiger partial charge in [-0.05, 0) is 46.1 Å². The summed E-state index contributed by atoms with van der Waals surface area (Å²) in [6.45, 7) is 7.82. The smallest absolute Gasteiger partial charge is 0.314 e. The van der Waals surface area contributed by atoms with E-state index in [1.54, 1.807) is 0 Å². The van der Waals surface area contributed by atoms with E-state index >= 15 is 0 Å². The minimum absolute atomic E-state index is 0.211. The molecule has 2 rings (SSSR count). The van der Waals surface area contributed by atoms with Gasteiger partial charge in [0.15, 0.2) is 0 Å². The third kappa shape index (κ3) is 3.82. The average Bonchev–Trinajstić information content (AvgIpc) is 2.61. The molecule has 1 unspecified atom stereocenters. The molecule has 2 atom stereocenters. The highest BCUT2D eigenvalue weighted by Gasteiger charge is 2.56. The van der Waals surface area contributed by atoms with Gasteiger partial charge in [0.05, 0.1) is 33.8 Å². The first-order chi connectivity index (χ1) is 11.7. The lowest BCUT2D eigenvalue weighted by atomic mass is 9.60. The second kappa shape index (κ2) is 7.58. The van der Waals surface area contributed by atoms with Crippen molar-refractivity contribution >= 4 is 17.0 Å². The van der Waals surface area contributed by atoms with Crippen molar-refractivity contribution in [2.45, 2.75) is 70.1 Å². The fraction of sp³-hybridized carbons (Fsp3) is 0.650. The standard InChI is InChI=1S/C20H31NO3S/c1-18(2,3)25(23)21-19(4,16-12-8-6-9-13-16)20(17(22)24-5)14-10-7-11-15-20/h6,8-9,12-13,21H,7,10-11,14-15H2,1-5H3/t19-,25?/m0/s1. The molecule has 1 aliphatic rings. The maximum Gasteiger partial charge on any atom is 0.314 e. The van der Waals surface area contributed by atoms with Gasteiger partial charge in [-0.1, -0.05) is 49.6 Å². The van der Waals surface area contributed by atoms with Crippen molar-refractivity contribution in [2.75, 3.05) is 7.11 Å². The van der Waals surface area contributed by atoms with Crippen LogP contribution in [0, 0.1) is 5.41 Å². The largest absolute Gasteiger partial charge is 0.469 e. The Bertz CT molecular complexity index is 618. The summed E-state index contributed by atoms with van der Waals surface area (Å²) in [6.07, 6.45) is 4.54. The first-order valence-electron chi connectivity index (χ1n) is 9.01. The van der Waals surface area contributed by atoms with E-state index in [0.29, 0.717) is 0 Å². The topological polar surface area (TPSA) is 55.4 Å². The maximum atomic E-state index is 13.0. The molecule has 0 bridgehead atoms. The van der Waals surface area contributed by atoms with Crippen molar-refractivity contribution in [2.24, 2.45) is 5.41 Å². The third-order valence-corrected chi connectivity index (χ3v) is 7.15. The normalized spacial score (nSPS) is 21.2. The Morgan fingerprint density at radius 2 is 1.64 bits per heavy atom. The predicted octanol–water partition coefficient (Wildman–Crippen LogP) is 4.08. The van der Waals surface area contributed by atoms with Crippen molar-refractivity contribution in [1.29, 1.82) is 0 Å². The second-order valence-electron chi connectivity index (χ2n) is 8.11. The Balaban J connectivity index is 2.60. The number of methoxy groups -OCH3 is 1. The molecule has 4 nitrogen and oxygen atoms in total. The van der Waals surface area contributed by atoms with E-state index in [9.17, 15) is 9.00 Å². The number of hydrogen-bond donors (Lipinski definition) is 1. The van der Waals surface area contributed by atoms with Crippen molar-refractivity contribution in [1.82, 2.24) is 4.72 Å². The van der Waals surface area contributed by atoms with Crippen LogP contribution in [0.5, 0.6) is 0 Å². The van der Waals surface area contributed by atoms with E-state index in [2.05, 4.69) is 4.72 Å². The van der Waals surface area contributed by atoms with Gasteiger partial charge in [-0.25, -0.2) is 8.93 Å². The van der Waals surface area contributed by atoms with Gasteiger partial charge in [0.1, 0.15) is 0 Å². The fourth-order valence-corrected chi connectivity index (χ4v) is 4.79. The summed E-state index contributed by atoms with van der Waals surface area (Å²) in [4.78, 5) is 13.0. The van der Waals surface area contributed by atoms with Gasteiger partial charge in [0, 0.05) is 0 Å². The van der Waals surface area contributed by atoms with Crippen LogP contribution < -0.4 is 4.72 Å². The summed E-state index contributed by atoms with van der Waals surface area (Å²) >= 11 is 0. The minimum Gasteiger partial charge on any atom is -0.469 e. The molecule has 1 N–H and O–H groups in total. The van der Waals surface area contributed by atoms with Gasteiger partial charge in [0.25, 0.3) is 0 Å². The zero-order valence-corrected chi connectivity index (χ0v) is 16.9. The monoisotopic (exact) mass is 365 g/mol. The van der Waals surface area contributed by atoms with Crippen molar-refractivity contribution in [3.63, 3.8) is 0 Å². The Morgan fingerprint density at radius 1 is 1.08 bits per heavy atom. The van der Waals surface area contributed by atoms with Crippen molar-refractivity contribution < 1.29 is 13.7 Å². The molecular weight excluding hydrogens is 334 g/mol. The number of esters is 1. The van der Waals surface area contributed by atoms with Crippen LogP contribution in [0.3, 0.4) is 0 Å². The van der Waals surface area contributed by atoms with E-state index < -0.39 is 26.7 Å².